The van der Waals surface area contributed by atoms with E-state index in [1.54, 1.807) is 0 Å². The van der Waals surface area contributed by atoms with Gasteiger partial charge in [-0.15, -0.1) is 0 Å². The minimum Gasteiger partial charge on any atom is -0.484 e. The number of quaternary nitrogens is 1. The smallest absolute Gasteiger partial charge is 0.365 e. The minimum absolute atomic E-state index is 0.110. The first-order chi connectivity index (χ1) is 11.5. The van der Waals surface area contributed by atoms with Gasteiger partial charge in [-0.1, -0.05) is 32.0 Å². The van der Waals surface area contributed by atoms with Crippen LogP contribution in [0.3, 0.4) is 0 Å². The van der Waals surface area contributed by atoms with Gasteiger partial charge in [0.25, 0.3) is 0 Å². The van der Waals surface area contributed by atoms with Gasteiger partial charge in [0.2, 0.25) is 0 Å². The molecule has 1 aliphatic rings. The second-order valence-corrected chi connectivity index (χ2v) is 6.93. The summed E-state index contributed by atoms with van der Waals surface area (Å²) in [5, 5.41) is 0. The highest BCUT2D eigenvalue weighted by Crippen LogP contribution is 2.23. The van der Waals surface area contributed by atoms with Crippen molar-refractivity contribution in [2.75, 3.05) is 6.61 Å². The first kappa shape index (κ1) is 18.7. The van der Waals surface area contributed by atoms with Crippen LogP contribution >= 0.6 is 0 Å². The molecule has 5 nitrogen and oxygen atoms in total. The number of ether oxygens (including phenoxy) is 3. The summed E-state index contributed by atoms with van der Waals surface area (Å²) < 4.78 is 17.9. The number of carbonyl (C=O) groups excluding carboxylic acids is 1. The zero-order chi connectivity index (χ0) is 17.5. The Morgan fingerprint density at radius 1 is 1.25 bits per heavy atom. The van der Waals surface area contributed by atoms with Crippen LogP contribution in [0.15, 0.2) is 30.3 Å². The van der Waals surface area contributed by atoms with E-state index in [0.717, 1.165) is 18.6 Å². The Morgan fingerprint density at radius 3 is 2.62 bits per heavy atom. The van der Waals surface area contributed by atoms with Gasteiger partial charge in [0.05, 0.1) is 6.10 Å². The molecule has 0 bridgehead atoms. The van der Waals surface area contributed by atoms with E-state index in [1.165, 1.54) is 0 Å². The van der Waals surface area contributed by atoms with Gasteiger partial charge in [-0.3, -0.25) is 0 Å². The van der Waals surface area contributed by atoms with Crippen molar-refractivity contribution in [2.45, 2.75) is 64.4 Å². The quantitative estimate of drug-likeness (QED) is 0.837. The molecule has 0 amide bonds. The molecule has 0 spiro atoms. The lowest BCUT2D eigenvalue weighted by Gasteiger charge is -2.31. The largest absolute Gasteiger partial charge is 0.484 e. The van der Waals surface area contributed by atoms with Crippen molar-refractivity contribution < 1.29 is 24.7 Å². The highest BCUT2D eigenvalue weighted by atomic mass is 16.6. The van der Waals surface area contributed by atoms with Gasteiger partial charge in [0, 0.05) is 13.0 Å². The standard InChI is InChI=1S/C19H29NO4/c1-13(2)12-22-17-11-7-10-16(20)19(21)23-14(3)18(17)24-15-8-5-4-6-9-15/h4-6,8-9,13-14,16-18H,7,10-12,20H2,1-3H3/p+1/t14-,16-,17-,18-/m0/s1. The summed E-state index contributed by atoms with van der Waals surface area (Å²) in [6, 6.07) is 9.29. The van der Waals surface area contributed by atoms with E-state index in [4.69, 9.17) is 14.2 Å². The Bertz CT molecular complexity index is 505. The normalized spacial score (nSPS) is 28.6. The van der Waals surface area contributed by atoms with Crippen molar-refractivity contribution in [3.05, 3.63) is 30.3 Å². The van der Waals surface area contributed by atoms with Gasteiger partial charge in [-0.05, 0) is 37.8 Å². The number of cyclic esters (lactones) is 1. The maximum atomic E-state index is 12.1. The SMILES string of the molecule is CC(C)CO[C@H]1CCC[C@H]([NH3+])C(=O)O[C@@H](C)[C@@H]1Oc1ccccc1. The average Bonchev–Trinajstić information content (AvgIpc) is 2.60. The Hall–Kier alpha value is -1.59. The highest BCUT2D eigenvalue weighted by molar-refractivity contribution is 5.74. The fourth-order valence-electron chi connectivity index (χ4n) is 2.82. The molecule has 0 unspecified atom stereocenters. The second-order valence-electron chi connectivity index (χ2n) is 6.93. The van der Waals surface area contributed by atoms with Gasteiger partial charge >= 0.3 is 5.97 Å². The lowest BCUT2D eigenvalue weighted by Crippen LogP contribution is -2.65. The summed E-state index contributed by atoms with van der Waals surface area (Å²) in [6.07, 6.45) is 1.58. The molecule has 0 radical (unpaired) electrons. The Morgan fingerprint density at radius 2 is 1.96 bits per heavy atom. The van der Waals surface area contributed by atoms with E-state index >= 15 is 0 Å². The number of hydrogen-bond acceptors (Lipinski definition) is 4. The summed E-state index contributed by atoms with van der Waals surface area (Å²) in [4.78, 5) is 12.1. The molecule has 134 valence electrons. The molecule has 24 heavy (non-hydrogen) atoms. The van der Waals surface area contributed by atoms with Crippen LogP contribution in [0, 0.1) is 5.92 Å². The maximum absolute atomic E-state index is 12.1. The average molecular weight is 336 g/mol. The third-order valence-corrected chi connectivity index (χ3v) is 4.16. The molecule has 1 saturated heterocycles. The second kappa shape index (κ2) is 9.04. The zero-order valence-electron chi connectivity index (χ0n) is 14.9. The molecule has 1 heterocycles. The number of esters is 1. The van der Waals surface area contributed by atoms with Crippen LogP contribution in [0.25, 0.3) is 0 Å². The van der Waals surface area contributed by atoms with E-state index in [2.05, 4.69) is 19.6 Å². The number of hydrogen-bond donors (Lipinski definition) is 1. The Balaban J connectivity index is 2.18. The molecule has 5 heteroatoms. The number of benzene rings is 1. The lowest BCUT2D eigenvalue weighted by atomic mass is 10.0. The first-order valence-electron chi connectivity index (χ1n) is 8.84. The monoisotopic (exact) mass is 336 g/mol. The molecule has 1 aromatic carbocycles. The molecular formula is C19H30NO4+. The van der Waals surface area contributed by atoms with Crippen molar-refractivity contribution >= 4 is 5.97 Å². The Kier molecular flexibility index (Phi) is 7.06. The van der Waals surface area contributed by atoms with E-state index in [9.17, 15) is 4.79 Å². The molecule has 1 aromatic rings. The van der Waals surface area contributed by atoms with Crippen molar-refractivity contribution in [3.8, 4) is 5.75 Å². The molecule has 1 aliphatic heterocycles. The van der Waals surface area contributed by atoms with Crippen LogP contribution in [-0.2, 0) is 14.3 Å². The third-order valence-electron chi connectivity index (χ3n) is 4.16. The summed E-state index contributed by atoms with van der Waals surface area (Å²) >= 11 is 0. The fraction of sp³-hybridized carbons (Fsp3) is 0.632. The molecule has 2 rings (SSSR count). The van der Waals surface area contributed by atoms with Crippen LogP contribution in [0.4, 0.5) is 0 Å². The number of carbonyl (C=O) groups is 1. The van der Waals surface area contributed by atoms with Crippen LogP contribution in [0.2, 0.25) is 0 Å². The van der Waals surface area contributed by atoms with Crippen molar-refractivity contribution in [3.63, 3.8) is 0 Å². The van der Waals surface area contributed by atoms with Gasteiger partial charge < -0.3 is 19.9 Å². The first-order valence-corrected chi connectivity index (χ1v) is 8.84. The molecule has 3 N–H and O–H groups in total. The Labute approximate surface area is 144 Å². The van der Waals surface area contributed by atoms with E-state index in [1.807, 2.05) is 37.3 Å². The van der Waals surface area contributed by atoms with Gasteiger partial charge in [-0.25, -0.2) is 4.79 Å². The van der Waals surface area contributed by atoms with Crippen molar-refractivity contribution in [1.29, 1.82) is 0 Å². The van der Waals surface area contributed by atoms with Crippen LogP contribution in [-0.4, -0.2) is 36.9 Å². The lowest BCUT2D eigenvalue weighted by molar-refractivity contribution is -0.410. The molecular weight excluding hydrogens is 306 g/mol. The fourth-order valence-corrected chi connectivity index (χ4v) is 2.82. The van der Waals surface area contributed by atoms with Crippen LogP contribution in [0.1, 0.15) is 40.0 Å². The van der Waals surface area contributed by atoms with Crippen molar-refractivity contribution in [2.24, 2.45) is 5.92 Å². The highest BCUT2D eigenvalue weighted by Gasteiger charge is 2.36. The summed E-state index contributed by atoms with van der Waals surface area (Å²) in [7, 11) is 0. The van der Waals surface area contributed by atoms with Gasteiger partial charge in [0.15, 0.2) is 12.1 Å². The molecule has 1 fully saturated rings. The minimum atomic E-state index is -0.391. The van der Waals surface area contributed by atoms with E-state index < -0.39 is 6.10 Å². The summed E-state index contributed by atoms with van der Waals surface area (Å²) in [5.41, 5.74) is 3.91. The maximum Gasteiger partial charge on any atom is 0.365 e. The van der Waals surface area contributed by atoms with E-state index in [-0.39, 0.29) is 24.2 Å². The van der Waals surface area contributed by atoms with Crippen molar-refractivity contribution in [1.82, 2.24) is 0 Å². The summed E-state index contributed by atoms with van der Waals surface area (Å²) in [6.45, 7) is 6.78. The molecule has 0 saturated carbocycles. The predicted molar refractivity (Wildman–Crippen MR) is 91.5 cm³/mol. The van der Waals surface area contributed by atoms with Crippen LogP contribution in [0.5, 0.6) is 5.75 Å². The topological polar surface area (TPSA) is 72.4 Å². The molecule has 0 aromatic heterocycles. The predicted octanol–water partition coefficient (Wildman–Crippen LogP) is 2.20. The summed E-state index contributed by atoms with van der Waals surface area (Å²) in [5.74, 6) is 0.941. The number of para-hydroxylation sites is 1. The zero-order valence-corrected chi connectivity index (χ0v) is 14.9. The number of rotatable bonds is 5. The van der Waals surface area contributed by atoms with Crippen LogP contribution < -0.4 is 10.5 Å². The van der Waals surface area contributed by atoms with Gasteiger partial charge in [-0.2, -0.15) is 0 Å². The molecule has 4 atom stereocenters. The van der Waals surface area contributed by atoms with Gasteiger partial charge in [0.1, 0.15) is 11.9 Å². The van der Waals surface area contributed by atoms with E-state index in [0.29, 0.717) is 18.9 Å². The molecule has 0 aliphatic carbocycles. The third kappa shape index (κ3) is 5.49.